The minimum Gasteiger partial charge on any atom is -0.507 e. The topological polar surface area (TPSA) is 29.5 Å². The molecule has 14 heavy (non-hydrogen) atoms. The van der Waals surface area contributed by atoms with E-state index < -0.39 is 5.82 Å². The lowest BCUT2D eigenvalue weighted by molar-refractivity contribution is 0.344. The Hall–Kier alpha value is -1.29. The predicted molar refractivity (Wildman–Crippen MR) is 54.6 cm³/mol. The van der Waals surface area contributed by atoms with Crippen molar-refractivity contribution in [2.24, 2.45) is 0 Å². The van der Waals surface area contributed by atoms with E-state index in [0.717, 1.165) is 6.07 Å². The maximum Gasteiger partial charge on any atom is 0.141 e. The van der Waals surface area contributed by atoms with Gasteiger partial charge in [-0.15, -0.1) is 11.3 Å². The lowest BCUT2D eigenvalue weighted by atomic mass is 10.2. The van der Waals surface area contributed by atoms with Gasteiger partial charge in [0.1, 0.15) is 17.3 Å². The molecule has 1 N–H and O–H groups in total. The number of fused-ring (bicyclic) bond motifs is 1. The molecule has 0 atom stereocenters. The molecule has 0 saturated heterocycles. The number of thiophene rings is 1. The first-order valence-corrected chi connectivity index (χ1v) is 5.13. The van der Waals surface area contributed by atoms with Crippen LogP contribution in [0.25, 0.3) is 10.1 Å². The van der Waals surface area contributed by atoms with Crippen molar-refractivity contribution in [2.75, 3.05) is 6.61 Å². The van der Waals surface area contributed by atoms with Crippen LogP contribution in [0.15, 0.2) is 17.5 Å². The Morgan fingerprint density at radius 1 is 1.50 bits per heavy atom. The molecule has 0 amide bonds. The van der Waals surface area contributed by atoms with E-state index in [1.807, 2.05) is 6.92 Å². The molecule has 2 nitrogen and oxygen atoms in total. The number of hydrogen-bond donors (Lipinski definition) is 1. The van der Waals surface area contributed by atoms with Crippen molar-refractivity contribution >= 4 is 21.4 Å². The Labute approximate surface area is 84.6 Å². The molecule has 1 aromatic heterocycles. The van der Waals surface area contributed by atoms with Gasteiger partial charge in [0.2, 0.25) is 0 Å². The Bertz CT molecular complexity index is 464. The van der Waals surface area contributed by atoms with Crippen LogP contribution in [0.3, 0.4) is 0 Å². The minimum atomic E-state index is -0.431. The number of ether oxygens (including phenoxy) is 1. The second-order valence-electron chi connectivity index (χ2n) is 2.83. The van der Waals surface area contributed by atoms with E-state index >= 15 is 0 Å². The van der Waals surface area contributed by atoms with Crippen LogP contribution in [0.1, 0.15) is 6.92 Å². The zero-order chi connectivity index (χ0) is 10.1. The molecule has 0 fully saturated rings. The number of phenols is 1. The third kappa shape index (κ3) is 1.42. The molecule has 0 aliphatic rings. The highest BCUT2D eigenvalue weighted by Crippen LogP contribution is 2.38. The average molecular weight is 212 g/mol. The summed E-state index contributed by atoms with van der Waals surface area (Å²) in [6, 6.07) is 2.49. The molecule has 0 bridgehead atoms. The quantitative estimate of drug-likeness (QED) is 0.828. The maximum absolute atomic E-state index is 12.9. The highest BCUT2D eigenvalue weighted by molar-refractivity contribution is 7.17. The van der Waals surface area contributed by atoms with E-state index in [1.165, 1.54) is 17.4 Å². The third-order valence-corrected chi connectivity index (χ3v) is 2.79. The summed E-state index contributed by atoms with van der Waals surface area (Å²) < 4.78 is 18.9. The van der Waals surface area contributed by atoms with Crippen molar-refractivity contribution in [1.82, 2.24) is 0 Å². The first-order chi connectivity index (χ1) is 6.72. The van der Waals surface area contributed by atoms with Gasteiger partial charge >= 0.3 is 0 Å². The van der Waals surface area contributed by atoms with Gasteiger partial charge in [-0.2, -0.15) is 0 Å². The van der Waals surface area contributed by atoms with E-state index in [2.05, 4.69) is 0 Å². The molecule has 0 aliphatic heterocycles. The Morgan fingerprint density at radius 3 is 3.00 bits per heavy atom. The van der Waals surface area contributed by atoms with Crippen molar-refractivity contribution in [1.29, 1.82) is 0 Å². The number of rotatable bonds is 2. The van der Waals surface area contributed by atoms with Gasteiger partial charge in [-0.25, -0.2) is 4.39 Å². The summed E-state index contributed by atoms with van der Waals surface area (Å²) in [7, 11) is 0. The fourth-order valence-corrected chi connectivity index (χ4v) is 2.27. The van der Waals surface area contributed by atoms with Crippen LogP contribution in [-0.4, -0.2) is 11.7 Å². The van der Waals surface area contributed by atoms with Crippen LogP contribution in [0.2, 0.25) is 0 Å². The van der Waals surface area contributed by atoms with Crippen LogP contribution in [0, 0.1) is 5.82 Å². The van der Waals surface area contributed by atoms with E-state index in [4.69, 9.17) is 4.74 Å². The van der Waals surface area contributed by atoms with Crippen LogP contribution in [0.4, 0.5) is 4.39 Å². The van der Waals surface area contributed by atoms with Crippen LogP contribution < -0.4 is 4.74 Å². The van der Waals surface area contributed by atoms with Crippen molar-refractivity contribution in [3.63, 3.8) is 0 Å². The fourth-order valence-electron chi connectivity index (χ4n) is 1.35. The molecule has 0 radical (unpaired) electrons. The van der Waals surface area contributed by atoms with Gasteiger partial charge in [0.05, 0.1) is 12.0 Å². The lowest BCUT2D eigenvalue weighted by Crippen LogP contribution is -1.89. The molecule has 2 aromatic rings. The summed E-state index contributed by atoms with van der Waals surface area (Å²) >= 11 is 1.36. The van der Waals surface area contributed by atoms with E-state index in [9.17, 15) is 9.50 Å². The Kier molecular flexibility index (Phi) is 2.29. The molecular formula is C10H9FO2S. The zero-order valence-corrected chi connectivity index (χ0v) is 8.40. The summed E-state index contributed by atoms with van der Waals surface area (Å²) in [5, 5.41) is 11.9. The first kappa shape index (κ1) is 9.27. The molecule has 2 rings (SSSR count). The molecule has 1 heterocycles. The summed E-state index contributed by atoms with van der Waals surface area (Å²) in [6.45, 7) is 2.40. The molecular weight excluding hydrogens is 203 g/mol. The van der Waals surface area contributed by atoms with Crippen LogP contribution in [-0.2, 0) is 0 Å². The van der Waals surface area contributed by atoms with Gasteiger partial charge in [0.25, 0.3) is 0 Å². The van der Waals surface area contributed by atoms with Gasteiger partial charge in [-0.3, -0.25) is 0 Å². The summed E-state index contributed by atoms with van der Waals surface area (Å²) in [6.07, 6.45) is 0. The summed E-state index contributed by atoms with van der Waals surface area (Å²) in [5.74, 6) is 0.120. The smallest absolute Gasteiger partial charge is 0.141 e. The number of hydrogen-bond acceptors (Lipinski definition) is 3. The van der Waals surface area contributed by atoms with Crippen LogP contribution >= 0.6 is 11.3 Å². The SMILES string of the molecule is CCOc1csc2cc(F)cc(O)c12. The van der Waals surface area contributed by atoms with E-state index in [-0.39, 0.29) is 5.75 Å². The molecule has 0 saturated carbocycles. The third-order valence-electron chi connectivity index (χ3n) is 1.89. The molecule has 0 spiro atoms. The number of phenolic OH excluding ortho intramolecular Hbond substituents is 1. The monoisotopic (exact) mass is 212 g/mol. The van der Waals surface area contributed by atoms with Gasteiger partial charge < -0.3 is 9.84 Å². The first-order valence-electron chi connectivity index (χ1n) is 4.25. The maximum atomic E-state index is 12.9. The Morgan fingerprint density at radius 2 is 2.29 bits per heavy atom. The molecule has 1 aromatic carbocycles. The van der Waals surface area contributed by atoms with Crippen molar-refractivity contribution in [2.45, 2.75) is 6.92 Å². The highest BCUT2D eigenvalue weighted by atomic mass is 32.1. The normalized spacial score (nSPS) is 10.7. The van der Waals surface area contributed by atoms with Crippen LogP contribution in [0.5, 0.6) is 11.5 Å². The predicted octanol–water partition coefficient (Wildman–Crippen LogP) is 3.14. The summed E-state index contributed by atoms with van der Waals surface area (Å²) in [5.41, 5.74) is 0. The average Bonchev–Trinajstić information content (AvgIpc) is 2.49. The molecule has 4 heteroatoms. The number of halogens is 1. The van der Waals surface area contributed by atoms with Gasteiger partial charge in [0.15, 0.2) is 0 Å². The standard InChI is InChI=1S/C10H9FO2S/c1-2-13-8-5-14-9-4-6(11)3-7(12)10(8)9/h3-5,12H,2H2,1H3. The highest BCUT2D eigenvalue weighted by Gasteiger charge is 2.10. The molecule has 74 valence electrons. The summed E-state index contributed by atoms with van der Waals surface area (Å²) in [4.78, 5) is 0. The fraction of sp³-hybridized carbons (Fsp3) is 0.200. The number of benzene rings is 1. The van der Waals surface area contributed by atoms with Gasteiger partial charge in [-0.05, 0) is 13.0 Å². The van der Waals surface area contributed by atoms with Crippen molar-refractivity contribution < 1.29 is 14.2 Å². The van der Waals surface area contributed by atoms with Gasteiger partial charge in [0, 0.05) is 16.1 Å². The van der Waals surface area contributed by atoms with Crippen molar-refractivity contribution in [3.8, 4) is 11.5 Å². The molecule has 0 unspecified atom stereocenters. The van der Waals surface area contributed by atoms with Crippen molar-refractivity contribution in [3.05, 3.63) is 23.3 Å². The minimum absolute atomic E-state index is 0.0651. The second kappa shape index (κ2) is 3.46. The van der Waals surface area contributed by atoms with Gasteiger partial charge in [-0.1, -0.05) is 0 Å². The zero-order valence-electron chi connectivity index (χ0n) is 7.58. The Balaban J connectivity index is 2.66. The lowest BCUT2D eigenvalue weighted by Gasteiger charge is -2.01. The van der Waals surface area contributed by atoms with E-state index in [1.54, 1.807) is 5.38 Å². The largest absolute Gasteiger partial charge is 0.507 e. The second-order valence-corrected chi connectivity index (χ2v) is 3.74. The molecule has 0 aliphatic carbocycles. The number of aromatic hydroxyl groups is 1. The van der Waals surface area contributed by atoms with E-state index in [0.29, 0.717) is 22.4 Å².